The van der Waals surface area contributed by atoms with Gasteiger partial charge in [0.2, 0.25) is 5.91 Å². The lowest BCUT2D eigenvalue weighted by Gasteiger charge is -2.11. The van der Waals surface area contributed by atoms with Crippen LogP contribution < -0.4 is 5.32 Å². The summed E-state index contributed by atoms with van der Waals surface area (Å²) in [5.74, 6) is -2.05. The van der Waals surface area contributed by atoms with Crippen molar-refractivity contribution in [3.8, 4) is 0 Å². The molecular formula is C8H15NO6S. The van der Waals surface area contributed by atoms with Gasteiger partial charge in [0.05, 0.1) is 12.4 Å². The zero-order chi connectivity index (χ0) is 12.8. The summed E-state index contributed by atoms with van der Waals surface area (Å²) in [4.78, 5) is 21.6. The maximum absolute atomic E-state index is 11.1. The molecule has 0 aliphatic carbocycles. The lowest BCUT2D eigenvalue weighted by molar-refractivity contribution is -0.142. The third-order valence-corrected chi connectivity index (χ3v) is 2.77. The number of carbonyl (C=O) groups excluding carboxylic acids is 1. The number of aliphatic carboxylic acids is 1. The molecule has 7 nitrogen and oxygen atoms in total. The van der Waals surface area contributed by atoms with Gasteiger partial charge >= 0.3 is 5.97 Å². The van der Waals surface area contributed by atoms with Gasteiger partial charge in [-0.05, 0) is 6.42 Å². The molecule has 0 heterocycles. The Bertz CT molecular complexity index is 350. The summed E-state index contributed by atoms with van der Waals surface area (Å²) in [5.41, 5.74) is 0. The lowest BCUT2D eigenvalue weighted by Crippen LogP contribution is -2.43. The van der Waals surface area contributed by atoms with Gasteiger partial charge in [0.1, 0.15) is 15.9 Å². The largest absolute Gasteiger partial charge is 0.480 e. The summed E-state index contributed by atoms with van der Waals surface area (Å²) >= 11 is 0. The molecule has 16 heavy (non-hydrogen) atoms. The fourth-order valence-electron chi connectivity index (χ4n) is 0.947. The molecule has 0 saturated carbocycles. The van der Waals surface area contributed by atoms with Crippen LogP contribution in [-0.4, -0.2) is 55.2 Å². The molecule has 8 heteroatoms. The summed E-state index contributed by atoms with van der Waals surface area (Å²) in [5, 5.41) is 19.2. The molecule has 0 spiro atoms. The standard InChI is InChI=1S/C8H15NO6S/c1-16(14,15)4-2-3-7(11)9-6(5-10)8(12)13/h6,10H,2-5H2,1H3,(H,9,11)(H,12,13). The number of aliphatic hydroxyl groups excluding tert-OH is 1. The van der Waals surface area contributed by atoms with Gasteiger partial charge in [0, 0.05) is 12.7 Å². The SMILES string of the molecule is CS(=O)(=O)CCCC(=O)NC(CO)C(=O)O. The molecule has 0 fully saturated rings. The van der Waals surface area contributed by atoms with Gasteiger partial charge in [-0.3, -0.25) is 4.79 Å². The number of sulfone groups is 1. The van der Waals surface area contributed by atoms with E-state index in [1.807, 2.05) is 0 Å². The van der Waals surface area contributed by atoms with E-state index in [0.717, 1.165) is 6.26 Å². The number of hydrogen-bond donors (Lipinski definition) is 3. The summed E-state index contributed by atoms with van der Waals surface area (Å²) in [7, 11) is -3.12. The number of carboxylic acid groups (broad SMARTS) is 1. The average molecular weight is 253 g/mol. The molecule has 0 aromatic rings. The van der Waals surface area contributed by atoms with Gasteiger partial charge in [-0.1, -0.05) is 0 Å². The summed E-state index contributed by atoms with van der Waals surface area (Å²) in [6, 6.07) is -1.34. The van der Waals surface area contributed by atoms with Crippen LogP contribution in [0.5, 0.6) is 0 Å². The van der Waals surface area contributed by atoms with E-state index in [0.29, 0.717) is 0 Å². The maximum atomic E-state index is 11.1. The Balaban J connectivity index is 3.95. The van der Waals surface area contributed by atoms with Crippen LogP contribution in [0.15, 0.2) is 0 Å². The minimum atomic E-state index is -3.12. The number of carbonyl (C=O) groups is 2. The Morgan fingerprint density at radius 3 is 2.31 bits per heavy atom. The first kappa shape index (κ1) is 14.8. The van der Waals surface area contributed by atoms with Crippen LogP contribution in [0.4, 0.5) is 0 Å². The molecule has 0 aromatic carbocycles. The Morgan fingerprint density at radius 1 is 1.38 bits per heavy atom. The molecule has 3 N–H and O–H groups in total. The van der Waals surface area contributed by atoms with Gasteiger partial charge in [-0.2, -0.15) is 0 Å². The Labute approximate surface area is 93.4 Å². The first-order valence-corrected chi connectivity index (χ1v) is 6.63. The van der Waals surface area contributed by atoms with Crippen molar-refractivity contribution in [2.24, 2.45) is 0 Å². The Kier molecular flexibility index (Phi) is 5.97. The van der Waals surface area contributed by atoms with Gasteiger partial charge in [0.15, 0.2) is 0 Å². The van der Waals surface area contributed by atoms with Crippen molar-refractivity contribution in [2.75, 3.05) is 18.6 Å². The molecular weight excluding hydrogens is 238 g/mol. The van der Waals surface area contributed by atoms with Crippen LogP contribution in [0.3, 0.4) is 0 Å². The van der Waals surface area contributed by atoms with E-state index in [4.69, 9.17) is 10.2 Å². The molecule has 94 valence electrons. The van der Waals surface area contributed by atoms with E-state index in [-0.39, 0.29) is 18.6 Å². The highest BCUT2D eigenvalue weighted by Gasteiger charge is 2.18. The predicted molar refractivity (Wildman–Crippen MR) is 55.6 cm³/mol. The second-order valence-corrected chi connectivity index (χ2v) is 5.63. The zero-order valence-corrected chi connectivity index (χ0v) is 9.66. The van der Waals surface area contributed by atoms with Crippen LogP contribution in [0.25, 0.3) is 0 Å². The fourth-order valence-corrected chi connectivity index (χ4v) is 1.62. The molecule has 0 rings (SSSR count). The van der Waals surface area contributed by atoms with Crippen LogP contribution in [0, 0.1) is 0 Å². The first-order valence-electron chi connectivity index (χ1n) is 4.57. The van der Waals surface area contributed by atoms with Gasteiger partial charge in [0.25, 0.3) is 0 Å². The van der Waals surface area contributed by atoms with Crippen molar-refractivity contribution in [3.05, 3.63) is 0 Å². The molecule has 0 aliphatic heterocycles. The minimum Gasteiger partial charge on any atom is -0.480 e. The minimum absolute atomic E-state index is 0.0865. The van der Waals surface area contributed by atoms with E-state index >= 15 is 0 Å². The highest BCUT2D eigenvalue weighted by molar-refractivity contribution is 7.90. The molecule has 1 unspecified atom stereocenters. The summed E-state index contributed by atoms with van der Waals surface area (Å²) < 4.78 is 21.5. The fraction of sp³-hybridized carbons (Fsp3) is 0.750. The van der Waals surface area contributed by atoms with E-state index in [2.05, 4.69) is 5.32 Å². The van der Waals surface area contributed by atoms with Crippen molar-refractivity contribution in [2.45, 2.75) is 18.9 Å². The number of aliphatic hydroxyl groups is 1. The molecule has 1 amide bonds. The Morgan fingerprint density at radius 2 is 1.94 bits per heavy atom. The number of carboxylic acids is 1. The van der Waals surface area contributed by atoms with Crippen LogP contribution in [-0.2, 0) is 19.4 Å². The van der Waals surface area contributed by atoms with E-state index < -0.39 is 34.4 Å². The second-order valence-electron chi connectivity index (χ2n) is 3.37. The number of rotatable bonds is 7. The molecule has 0 aliphatic rings. The normalized spacial score (nSPS) is 13.1. The summed E-state index contributed by atoms with van der Waals surface area (Å²) in [6.45, 7) is -0.701. The third kappa shape index (κ3) is 7.18. The van der Waals surface area contributed by atoms with E-state index in [9.17, 15) is 18.0 Å². The van der Waals surface area contributed by atoms with Crippen LogP contribution in [0.2, 0.25) is 0 Å². The number of amides is 1. The maximum Gasteiger partial charge on any atom is 0.328 e. The highest BCUT2D eigenvalue weighted by Crippen LogP contribution is 1.95. The molecule has 0 radical (unpaired) electrons. The Hall–Kier alpha value is -1.15. The topological polar surface area (TPSA) is 121 Å². The first-order chi connectivity index (χ1) is 7.26. The van der Waals surface area contributed by atoms with Gasteiger partial charge < -0.3 is 15.5 Å². The second kappa shape index (κ2) is 6.44. The quantitative estimate of drug-likeness (QED) is 0.501. The molecule has 0 aromatic heterocycles. The summed E-state index contributed by atoms with van der Waals surface area (Å²) in [6.07, 6.45) is 1.10. The molecule has 1 atom stereocenters. The van der Waals surface area contributed by atoms with Crippen molar-refractivity contribution in [1.29, 1.82) is 0 Å². The van der Waals surface area contributed by atoms with Gasteiger partial charge in [-0.15, -0.1) is 0 Å². The third-order valence-electron chi connectivity index (χ3n) is 1.73. The molecule has 0 saturated heterocycles. The average Bonchev–Trinajstić information content (AvgIpc) is 2.11. The van der Waals surface area contributed by atoms with Crippen LogP contribution >= 0.6 is 0 Å². The van der Waals surface area contributed by atoms with Crippen molar-refractivity contribution < 1.29 is 28.2 Å². The number of hydrogen-bond acceptors (Lipinski definition) is 5. The molecule has 0 bridgehead atoms. The van der Waals surface area contributed by atoms with Gasteiger partial charge in [-0.25, -0.2) is 13.2 Å². The number of nitrogens with one attached hydrogen (secondary N) is 1. The van der Waals surface area contributed by atoms with E-state index in [1.54, 1.807) is 0 Å². The van der Waals surface area contributed by atoms with Crippen molar-refractivity contribution in [3.63, 3.8) is 0 Å². The van der Waals surface area contributed by atoms with E-state index in [1.165, 1.54) is 0 Å². The lowest BCUT2D eigenvalue weighted by atomic mass is 10.2. The highest BCUT2D eigenvalue weighted by atomic mass is 32.2. The van der Waals surface area contributed by atoms with Crippen molar-refractivity contribution >= 4 is 21.7 Å². The predicted octanol–water partition coefficient (Wildman–Crippen LogP) is -1.63. The monoisotopic (exact) mass is 253 g/mol. The van der Waals surface area contributed by atoms with Crippen molar-refractivity contribution in [1.82, 2.24) is 5.32 Å². The zero-order valence-electron chi connectivity index (χ0n) is 8.84. The van der Waals surface area contributed by atoms with Crippen LogP contribution in [0.1, 0.15) is 12.8 Å². The smallest absolute Gasteiger partial charge is 0.328 e.